The lowest BCUT2D eigenvalue weighted by molar-refractivity contribution is -0.138. The first kappa shape index (κ1) is 15.3. The summed E-state index contributed by atoms with van der Waals surface area (Å²) in [6.07, 6.45) is 0. The van der Waals surface area contributed by atoms with Gasteiger partial charge in [-0.3, -0.25) is 9.59 Å². The molecule has 2 atom stereocenters. The van der Waals surface area contributed by atoms with E-state index in [2.05, 4.69) is 5.32 Å². The van der Waals surface area contributed by atoms with Crippen LogP contribution in [-0.4, -0.2) is 17.0 Å². The fraction of sp³-hybridized carbons (Fsp3) is 0.250. The predicted molar refractivity (Wildman–Crippen MR) is 83.9 cm³/mol. The number of thiophene rings is 1. The number of amides is 1. The van der Waals surface area contributed by atoms with Crippen LogP contribution in [0.4, 0.5) is 5.69 Å². The van der Waals surface area contributed by atoms with Crippen LogP contribution >= 0.6 is 11.3 Å². The summed E-state index contributed by atoms with van der Waals surface area (Å²) in [5.74, 6) is -1.71. The number of carbonyl (C=O) groups is 2. The Labute approximate surface area is 127 Å². The van der Waals surface area contributed by atoms with Crippen molar-refractivity contribution in [1.29, 1.82) is 0 Å². The molecule has 0 aliphatic carbocycles. The molecule has 5 heteroatoms. The highest BCUT2D eigenvalue weighted by molar-refractivity contribution is 7.08. The highest BCUT2D eigenvalue weighted by atomic mass is 32.1. The van der Waals surface area contributed by atoms with E-state index in [-0.39, 0.29) is 11.8 Å². The number of aliphatic carboxylic acids is 1. The van der Waals surface area contributed by atoms with Crippen LogP contribution in [0.3, 0.4) is 0 Å². The van der Waals surface area contributed by atoms with E-state index in [1.54, 1.807) is 42.5 Å². The molecule has 2 aromatic rings. The van der Waals surface area contributed by atoms with Crippen LogP contribution in [-0.2, 0) is 9.59 Å². The summed E-state index contributed by atoms with van der Waals surface area (Å²) in [5, 5.41) is 15.7. The van der Waals surface area contributed by atoms with Gasteiger partial charge in [0, 0.05) is 5.69 Å². The lowest BCUT2D eigenvalue weighted by Gasteiger charge is -2.12. The molecule has 0 bridgehead atoms. The van der Waals surface area contributed by atoms with Gasteiger partial charge in [0.2, 0.25) is 5.91 Å². The smallest absolute Gasteiger partial charge is 0.310 e. The predicted octanol–water partition coefficient (Wildman–Crippen LogP) is 3.68. The third kappa shape index (κ3) is 3.70. The Morgan fingerprint density at radius 2 is 1.71 bits per heavy atom. The number of nitrogens with one attached hydrogen (secondary N) is 1. The first-order chi connectivity index (χ1) is 9.99. The number of benzene rings is 1. The minimum atomic E-state index is -0.863. The van der Waals surface area contributed by atoms with Crippen molar-refractivity contribution in [3.63, 3.8) is 0 Å². The summed E-state index contributed by atoms with van der Waals surface area (Å²) in [6.45, 7) is 3.49. The first-order valence-electron chi connectivity index (χ1n) is 6.64. The highest BCUT2D eigenvalue weighted by Gasteiger charge is 2.16. The number of carbonyl (C=O) groups excluding carboxylic acids is 1. The molecule has 2 N–H and O–H groups in total. The van der Waals surface area contributed by atoms with Crippen LogP contribution in [0.25, 0.3) is 0 Å². The van der Waals surface area contributed by atoms with Gasteiger partial charge in [0.1, 0.15) is 0 Å². The van der Waals surface area contributed by atoms with Gasteiger partial charge in [-0.25, -0.2) is 0 Å². The molecule has 0 aliphatic heterocycles. The zero-order valence-corrected chi connectivity index (χ0v) is 12.7. The fourth-order valence-electron chi connectivity index (χ4n) is 1.92. The third-order valence-electron chi connectivity index (χ3n) is 3.49. The molecular weight excluding hydrogens is 286 g/mol. The van der Waals surface area contributed by atoms with E-state index >= 15 is 0 Å². The van der Waals surface area contributed by atoms with Gasteiger partial charge in [-0.15, -0.1) is 0 Å². The Morgan fingerprint density at radius 1 is 1.05 bits per heavy atom. The molecule has 0 spiro atoms. The van der Waals surface area contributed by atoms with Crippen molar-refractivity contribution in [3.05, 3.63) is 52.2 Å². The lowest BCUT2D eigenvalue weighted by Crippen LogP contribution is -2.18. The zero-order valence-electron chi connectivity index (χ0n) is 11.9. The minimum absolute atomic E-state index is 0.0765. The molecule has 0 radical (unpaired) electrons. The zero-order chi connectivity index (χ0) is 15.4. The van der Waals surface area contributed by atoms with E-state index < -0.39 is 11.9 Å². The van der Waals surface area contributed by atoms with Crippen LogP contribution in [0.15, 0.2) is 41.1 Å². The number of hydrogen-bond acceptors (Lipinski definition) is 3. The third-order valence-corrected chi connectivity index (χ3v) is 4.19. The summed E-state index contributed by atoms with van der Waals surface area (Å²) in [4.78, 5) is 23.1. The molecule has 1 aromatic carbocycles. The van der Waals surface area contributed by atoms with Crippen molar-refractivity contribution in [2.24, 2.45) is 0 Å². The Balaban J connectivity index is 2.03. The van der Waals surface area contributed by atoms with Crippen molar-refractivity contribution in [1.82, 2.24) is 0 Å². The summed E-state index contributed by atoms with van der Waals surface area (Å²) in [7, 11) is 0. The average Bonchev–Trinajstić information content (AvgIpc) is 3.00. The second-order valence-electron chi connectivity index (χ2n) is 4.95. The van der Waals surface area contributed by atoms with Crippen LogP contribution < -0.4 is 5.32 Å². The number of anilines is 1. The molecule has 0 aliphatic rings. The topological polar surface area (TPSA) is 66.4 Å². The first-order valence-corrected chi connectivity index (χ1v) is 7.59. The van der Waals surface area contributed by atoms with Crippen LogP contribution in [0.1, 0.15) is 36.8 Å². The van der Waals surface area contributed by atoms with Crippen molar-refractivity contribution >= 4 is 28.9 Å². The molecule has 110 valence electrons. The molecule has 0 saturated heterocycles. The Bertz CT molecular complexity index is 619. The average molecular weight is 303 g/mol. The molecule has 1 aromatic heterocycles. The molecule has 0 saturated carbocycles. The SMILES string of the molecule is CC(C(=O)O)c1ccc(NC(=O)C(C)c2ccsc2)cc1. The van der Waals surface area contributed by atoms with Crippen LogP contribution in [0.5, 0.6) is 0 Å². The summed E-state index contributed by atoms with van der Waals surface area (Å²) < 4.78 is 0. The number of hydrogen-bond donors (Lipinski definition) is 2. The van der Waals surface area contributed by atoms with Gasteiger partial charge < -0.3 is 10.4 Å². The molecule has 1 heterocycles. The molecule has 2 rings (SSSR count). The lowest BCUT2D eigenvalue weighted by atomic mass is 10.0. The molecular formula is C16H17NO3S. The van der Waals surface area contributed by atoms with E-state index in [0.29, 0.717) is 11.3 Å². The standard InChI is InChI=1S/C16H17NO3S/c1-10(13-7-8-21-9-13)15(18)17-14-5-3-12(4-6-14)11(2)16(19)20/h3-11H,1-2H3,(H,17,18)(H,19,20). The molecule has 0 fully saturated rings. The van der Waals surface area contributed by atoms with Crippen molar-refractivity contribution < 1.29 is 14.7 Å². The molecule has 4 nitrogen and oxygen atoms in total. The van der Waals surface area contributed by atoms with Gasteiger partial charge in [-0.2, -0.15) is 11.3 Å². The van der Waals surface area contributed by atoms with Crippen molar-refractivity contribution in [2.75, 3.05) is 5.32 Å². The fourth-order valence-corrected chi connectivity index (χ4v) is 2.68. The monoisotopic (exact) mass is 303 g/mol. The van der Waals surface area contributed by atoms with E-state index in [0.717, 1.165) is 5.56 Å². The van der Waals surface area contributed by atoms with Gasteiger partial charge in [-0.1, -0.05) is 12.1 Å². The summed E-state index contributed by atoms with van der Waals surface area (Å²) in [5.41, 5.74) is 2.38. The maximum absolute atomic E-state index is 12.1. The van der Waals surface area contributed by atoms with Gasteiger partial charge >= 0.3 is 5.97 Å². The maximum Gasteiger partial charge on any atom is 0.310 e. The van der Waals surface area contributed by atoms with E-state index in [9.17, 15) is 9.59 Å². The van der Waals surface area contributed by atoms with Gasteiger partial charge in [-0.05, 0) is 53.9 Å². The van der Waals surface area contributed by atoms with Crippen molar-refractivity contribution in [2.45, 2.75) is 25.7 Å². The normalized spacial score (nSPS) is 13.4. The van der Waals surface area contributed by atoms with Gasteiger partial charge in [0.25, 0.3) is 0 Å². The largest absolute Gasteiger partial charge is 0.481 e. The summed E-state index contributed by atoms with van der Waals surface area (Å²) >= 11 is 1.56. The van der Waals surface area contributed by atoms with Crippen LogP contribution in [0, 0.1) is 0 Å². The number of carboxylic acids is 1. The molecule has 1 amide bonds. The minimum Gasteiger partial charge on any atom is -0.481 e. The summed E-state index contributed by atoms with van der Waals surface area (Å²) in [6, 6.07) is 8.85. The molecule has 2 unspecified atom stereocenters. The van der Waals surface area contributed by atoms with Crippen molar-refractivity contribution in [3.8, 4) is 0 Å². The van der Waals surface area contributed by atoms with E-state index in [1.807, 2.05) is 23.8 Å². The maximum atomic E-state index is 12.1. The van der Waals surface area contributed by atoms with E-state index in [1.165, 1.54) is 0 Å². The Kier molecular flexibility index (Phi) is 4.75. The Hall–Kier alpha value is -2.14. The number of carboxylic acid groups (broad SMARTS) is 1. The van der Waals surface area contributed by atoms with Crippen LogP contribution in [0.2, 0.25) is 0 Å². The number of rotatable bonds is 5. The Morgan fingerprint density at radius 3 is 2.24 bits per heavy atom. The second-order valence-corrected chi connectivity index (χ2v) is 5.73. The molecule has 21 heavy (non-hydrogen) atoms. The van der Waals surface area contributed by atoms with Gasteiger partial charge in [0.05, 0.1) is 11.8 Å². The van der Waals surface area contributed by atoms with E-state index in [4.69, 9.17) is 5.11 Å². The quantitative estimate of drug-likeness (QED) is 0.885. The highest BCUT2D eigenvalue weighted by Crippen LogP contribution is 2.22. The second kappa shape index (κ2) is 6.54. The van der Waals surface area contributed by atoms with Gasteiger partial charge in [0.15, 0.2) is 0 Å².